The molecule has 0 spiro atoms. The van der Waals surface area contributed by atoms with Gasteiger partial charge in [-0.05, 0) is 18.1 Å². The first kappa shape index (κ1) is 18.6. The summed E-state index contributed by atoms with van der Waals surface area (Å²) in [7, 11) is 0. The molecule has 0 aliphatic carbocycles. The van der Waals surface area contributed by atoms with Crippen LogP contribution in [0.3, 0.4) is 0 Å². The normalized spacial score (nSPS) is 10.7. The Hall–Kier alpha value is -2.70. The number of halogens is 1. The average Bonchev–Trinajstić information content (AvgIpc) is 2.99. The number of amides is 2. The van der Waals surface area contributed by atoms with Crippen LogP contribution in [0.25, 0.3) is 0 Å². The number of hydrogen-bond acceptors (Lipinski definition) is 3. The number of carbonyl (C=O) groups is 2. The fourth-order valence-corrected chi connectivity index (χ4v) is 2.36. The van der Waals surface area contributed by atoms with E-state index in [1.165, 1.54) is 18.2 Å². The van der Waals surface area contributed by atoms with E-state index in [0.717, 1.165) is 12.2 Å². The fourth-order valence-electron chi connectivity index (χ4n) is 2.36. The maximum absolute atomic E-state index is 13.5. The summed E-state index contributed by atoms with van der Waals surface area (Å²) in [6.45, 7) is 5.59. The molecule has 0 saturated heterocycles. The monoisotopic (exact) mass is 346 g/mol. The van der Waals surface area contributed by atoms with Crippen molar-refractivity contribution < 1.29 is 14.0 Å². The molecule has 0 atom stereocenters. The number of carbonyl (C=O) groups excluding carboxylic acids is 2. The number of hydrogen-bond donors (Lipinski definition) is 2. The Morgan fingerprint density at radius 3 is 2.72 bits per heavy atom. The molecule has 25 heavy (non-hydrogen) atoms. The molecular formula is C18H23FN4O2. The molecule has 134 valence electrons. The Bertz CT molecular complexity index is 727. The molecule has 0 aliphatic rings. The second-order valence-corrected chi connectivity index (χ2v) is 6.19. The number of nitrogens with zero attached hydrogens (tertiary/aromatic N) is 2. The molecule has 0 unspecified atom stereocenters. The molecule has 0 saturated carbocycles. The van der Waals surface area contributed by atoms with E-state index in [1.807, 2.05) is 4.57 Å². The third kappa shape index (κ3) is 5.70. The molecule has 0 bridgehead atoms. The molecule has 2 aromatic rings. The van der Waals surface area contributed by atoms with Gasteiger partial charge in [0.05, 0.1) is 24.1 Å². The zero-order valence-corrected chi connectivity index (χ0v) is 14.5. The predicted octanol–water partition coefficient (Wildman–Crippen LogP) is 2.11. The molecule has 1 heterocycles. The topological polar surface area (TPSA) is 76.0 Å². The number of benzene rings is 1. The molecule has 2 amide bonds. The van der Waals surface area contributed by atoms with Gasteiger partial charge >= 0.3 is 0 Å². The van der Waals surface area contributed by atoms with E-state index < -0.39 is 11.7 Å². The predicted molar refractivity (Wildman–Crippen MR) is 92.3 cm³/mol. The molecular weight excluding hydrogens is 323 g/mol. The van der Waals surface area contributed by atoms with Gasteiger partial charge in [0.2, 0.25) is 5.91 Å². The van der Waals surface area contributed by atoms with Gasteiger partial charge < -0.3 is 15.2 Å². The lowest BCUT2D eigenvalue weighted by Crippen LogP contribution is -2.31. The van der Waals surface area contributed by atoms with E-state index in [1.54, 1.807) is 18.6 Å². The molecule has 1 aromatic heterocycles. The van der Waals surface area contributed by atoms with Crippen LogP contribution in [-0.2, 0) is 17.9 Å². The minimum atomic E-state index is -0.581. The second kappa shape index (κ2) is 8.96. The van der Waals surface area contributed by atoms with Crippen molar-refractivity contribution in [3.8, 4) is 0 Å². The van der Waals surface area contributed by atoms with Gasteiger partial charge in [-0.3, -0.25) is 9.59 Å². The molecule has 2 rings (SSSR count). The molecule has 7 heteroatoms. The first-order chi connectivity index (χ1) is 12.0. The van der Waals surface area contributed by atoms with Crippen molar-refractivity contribution in [3.63, 3.8) is 0 Å². The Morgan fingerprint density at radius 2 is 2.00 bits per heavy atom. The Labute approximate surface area is 146 Å². The largest absolute Gasteiger partial charge is 0.351 e. The van der Waals surface area contributed by atoms with Crippen molar-refractivity contribution in [1.82, 2.24) is 20.2 Å². The standard InChI is InChI=1S/C18H23FN4O2/c1-13(2)11-23-12-20-9-14(23)10-22-17(24)7-8-21-18(25)15-5-3-4-6-16(15)19/h3-6,9,12-13H,7-8,10-11H2,1-2H3,(H,21,25)(H,22,24). The van der Waals surface area contributed by atoms with E-state index in [9.17, 15) is 14.0 Å². The van der Waals surface area contributed by atoms with Crippen molar-refractivity contribution in [3.05, 3.63) is 53.9 Å². The summed E-state index contributed by atoms with van der Waals surface area (Å²) in [4.78, 5) is 27.8. The SMILES string of the molecule is CC(C)Cn1cncc1CNC(=O)CCNC(=O)c1ccccc1F. The number of rotatable bonds is 8. The van der Waals surface area contributed by atoms with Gasteiger partial charge in [-0.15, -0.1) is 0 Å². The zero-order chi connectivity index (χ0) is 18.2. The third-order valence-corrected chi connectivity index (χ3v) is 3.58. The average molecular weight is 346 g/mol. The minimum Gasteiger partial charge on any atom is -0.351 e. The highest BCUT2D eigenvalue weighted by Gasteiger charge is 2.11. The number of aromatic nitrogens is 2. The lowest BCUT2D eigenvalue weighted by Gasteiger charge is -2.11. The maximum atomic E-state index is 13.5. The highest BCUT2D eigenvalue weighted by Crippen LogP contribution is 2.06. The van der Waals surface area contributed by atoms with Gasteiger partial charge in [0.15, 0.2) is 0 Å². The van der Waals surface area contributed by atoms with E-state index in [2.05, 4.69) is 29.5 Å². The smallest absolute Gasteiger partial charge is 0.254 e. The van der Waals surface area contributed by atoms with Crippen LogP contribution in [0, 0.1) is 11.7 Å². The highest BCUT2D eigenvalue weighted by molar-refractivity contribution is 5.94. The summed E-state index contributed by atoms with van der Waals surface area (Å²) in [5.74, 6) is -0.813. The Kier molecular flexibility index (Phi) is 6.68. The van der Waals surface area contributed by atoms with Crippen molar-refractivity contribution in [2.45, 2.75) is 33.4 Å². The summed E-state index contributed by atoms with van der Waals surface area (Å²) < 4.78 is 15.5. The molecule has 0 aliphatic heterocycles. The summed E-state index contributed by atoms with van der Waals surface area (Å²) in [6.07, 6.45) is 3.59. The molecule has 0 fully saturated rings. The van der Waals surface area contributed by atoms with Crippen LogP contribution in [0.1, 0.15) is 36.3 Å². The summed E-state index contributed by atoms with van der Waals surface area (Å²) in [6, 6.07) is 5.73. The number of nitrogens with one attached hydrogen (secondary N) is 2. The van der Waals surface area contributed by atoms with Gasteiger partial charge in [-0.2, -0.15) is 0 Å². The molecule has 2 N–H and O–H groups in total. The van der Waals surface area contributed by atoms with E-state index in [-0.39, 0.29) is 24.4 Å². The fraction of sp³-hybridized carbons (Fsp3) is 0.389. The van der Waals surface area contributed by atoms with Crippen molar-refractivity contribution in [1.29, 1.82) is 0 Å². The quantitative estimate of drug-likeness (QED) is 0.769. The highest BCUT2D eigenvalue weighted by atomic mass is 19.1. The first-order valence-corrected chi connectivity index (χ1v) is 8.25. The van der Waals surface area contributed by atoms with Crippen molar-refractivity contribution >= 4 is 11.8 Å². The summed E-state index contributed by atoms with van der Waals surface area (Å²) >= 11 is 0. The van der Waals surface area contributed by atoms with Crippen LogP contribution in [0.5, 0.6) is 0 Å². The summed E-state index contributed by atoms with van der Waals surface area (Å²) in [5, 5.41) is 5.34. The second-order valence-electron chi connectivity index (χ2n) is 6.19. The van der Waals surface area contributed by atoms with Crippen molar-refractivity contribution in [2.75, 3.05) is 6.54 Å². The van der Waals surface area contributed by atoms with Crippen LogP contribution < -0.4 is 10.6 Å². The van der Waals surface area contributed by atoms with Crippen LogP contribution in [0.2, 0.25) is 0 Å². The minimum absolute atomic E-state index is 0.0273. The van der Waals surface area contributed by atoms with Gasteiger partial charge in [0.25, 0.3) is 5.91 Å². The Balaban J connectivity index is 1.74. The van der Waals surface area contributed by atoms with E-state index in [4.69, 9.17) is 0 Å². The summed E-state index contributed by atoms with van der Waals surface area (Å²) in [5.41, 5.74) is 0.901. The van der Waals surface area contributed by atoms with Gasteiger partial charge in [-0.1, -0.05) is 26.0 Å². The third-order valence-electron chi connectivity index (χ3n) is 3.58. The van der Waals surface area contributed by atoms with Gasteiger partial charge in [0, 0.05) is 25.7 Å². The van der Waals surface area contributed by atoms with Crippen LogP contribution in [0.4, 0.5) is 4.39 Å². The van der Waals surface area contributed by atoms with Crippen LogP contribution in [0.15, 0.2) is 36.8 Å². The molecule has 0 radical (unpaired) electrons. The number of imidazole rings is 1. The van der Waals surface area contributed by atoms with Gasteiger partial charge in [0.1, 0.15) is 5.82 Å². The zero-order valence-electron chi connectivity index (χ0n) is 14.5. The maximum Gasteiger partial charge on any atom is 0.254 e. The van der Waals surface area contributed by atoms with E-state index >= 15 is 0 Å². The lowest BCUT2D eigenvalue weighted by molar-refractivity contribution is -0.121. The lowest BCUT2D eigenvalue weighted by atomic mass is 10.2. The van der Waals surface area contributed by atoms with Gasteiger partial charge in [-0.25, -0.2) is 9.37 Å². The molecule has 6 nitrogen and oxygen atoms in total. The first-order valence-electron chi connectivity index (χ1n) is 8.25. The molecule has 1 aromatic carbocycles. The van der Waals surface area contributed by atoms with Crippen molar-refractivity contribution in [2.24, 2.45) is 5.92 Å². The van der Waals surface area contributed by atoms with Crippen LogP contribution >= 0.6 is 0 Å². The van der Waals surface area contributed by atoms with E-state index in [0.29, 0.717) is 12.5 Å². The Morgan fingerprint density at radius 1 is 1.24 bits per heavy atom. The van der Waals surface area contributed by atoms with Crippen LogP contribution in [-0.4, -0.2) is 27.9 Å².